The lowest BCUT2D eigenvalue weighted by Crippen LogP contribution is -2.41. The second-order valence-electron chi connectivity index (χ2n) is 9.80. The zero-order valence-electron chi connectivity index (χ0n) is 20.4. The van der Waals surface area contributed by atoms with Gasteiger partial charge in [-0.1, -0.05) is 6.58 Å². The van der Waals surface area contributed by atoms with Crippen molar-refractivity contribution in [1.29, 1.82) is 0 Å². The van der Waals surface area contributed by atoms with E-state index in [1.807, 2.05) is 6.92 Å². The molecule has 0 aromatic carbocycles. The van der Waals surface area contributed by atoms with Crippen molar-refractivity contribution >= 4 is 29.7 Å². The van der Waals surface area contributed by atoms with Gasteiger partial charge in [0, 0.05) is 24.5 Å². The van der Waals surface area contributed by atoms with E-state index in [9.17, 15) is 24.0 Å². The van der Waals surface area contributed by atoms with Crippen molar-refractivity contribution in [3.8, 4) is 0 Å². The third-order valence-electron chi connectivity index (χ3n) is 6.98. The number of hydrogen-bond donors (Lipinski definition) is 0. The molecule has 0 bridgehead atoms. The fourth-order valence-corrected chi connectivity index (χ4v) is 5.08. The van der Waals surface area contributed by atoms with Crippen molar-refractivity contribution in [2.45, 2.75) is 83.4 Å². The van der Waals surface area contributed by atoms with Gasteiger partial charge in [0.15, 0.2) is 11.9 Å². The molecular weight excluding hydrogens is 460 g/mol. The lowest BCUT2D eigenvalue weighted by molar-refractivity contribution is -0.152. The van der Waals surface area contributed by atoms with Gasteiger partial charge in [-0.25, -0.2) is 14.4 Å². The third-order valence-corrected chi connectivity index (χ3v) is 6.98. The van der Waals surface area contributed by atoms with Crippen LogP contribution >= 0.6 is 0 Å². The van der Waals surface area contributed by atoms with Crippen molar-refractivity contribution in [3.63, 3.8) is 0 Å². The Kier molecular flexibility index (Phi) is 5.99. The molecule has 4 rings (SSSR count). The van der Waals surface area contributed by atoms with E-state index in [2.05, 4.69) is 6.58 Å². The number of hydrogen-bond acceptors (Lipinski definition) is 10. The average molecular weight is 488 g/mol. The van der Waals surface area contributed by atoms with Crippen LogP contribution in [-0.4, -0.2) is 65.8 Å². The van der Waals surface area contributed by atoms with E-state index in [1.165, 1.54) is 20.8 Å². The molecule has 10 heteroatoms. The molecule has 5 unspecified atom stereocenters. The van der Waals surface area contributed by atoms with Gasteiger partial charge in [0.05, 0.1) is 11.2 Å². The van der Waals surface area contributed by atoms with Gasteiger partial charge < -0.3 is 23.7 Å². The van der Waals surface area contributed by atoms with Crippen LogP contribution in [0.1, 0.15) is 53.9 Å². The van der Waals surface area contributed by atoms with Crippen molar-refractivity contribution in [2.24, 2.45) is 0 Å². The van der Waals surface area contributed by atoms with Crippen molar-refractivity contribution in [2.75, 3.05) is 6.61 Å². The highest BCUT2D eigenvalue weighted by atomic mass is 16.7. The first-order valence-corrected chi connectivity index (χ1v) is 11.4. The summed E-state index contributed by atoms with van der Waals surface area (Å²) in [6, 6.07) is 0. The summed E-state index contributed by atoms with van der Waals surface area (Å²) in [5.41, 5.74) is -1.12. The fourth-order valence-electron chi connectivity index (χ4n) is 5.08. The monoisotopic (exact) mass is 488 g/mol. The number of carbonyl (C=O) groups is 5. The number of Topliss-reactive ketones (excluding diaryl/α,β-unsaturated/α-hetero) is 1. The summed E-state index contributed by atoms with van der Waals surface area (Å²) >= 11 is 0. The van der Waals surface area contributed by atoms with E-state index >= 15 is 0 Å². The topological polar surface area (TPSA) is 135 Å². The molecular formula is C25H28O10. The zero-order valence-corrected chi connectivity index (χ0v) is 20.4. The Labute approximate surface area is 202 Å². The first-order valence-electron chi connectivity index (χ1n) is 11.4. The number of carbonyl (C=O) groups excluding carboxylic acids is 5. The van der Waals surface area contributed by atoms with Crippen LogP contribution in [-0.2, 0) is 47.7 Å². The summed E-state index contributed by atoms with van der Waals surface area (Å²) < 4.78 is 28.2. The standard InChI is InChI=1S/C25H28O10/c1-11(2)21(28)32-16-9-25(6)15(17(12(3)26)23(30)35-25)7-8-24(5)20(34-24)19-18(16)14(22(29)33-19)10-31-13(4)27/h16,19-20H,1,7-10H2,2-6H3. The molecule has 0 radical (unpaired) electrons. The summed E-state index contributed by atoms with van der Waals surface area (Å²) in [6.07, 6.45) is -1.88. The number of fused-ring (bicyclic) bond motifs is 4. The van der Waals surface area contributed by atoms with Crippen LogP contribution in [0, 0.1) is 0 Å². The summed E-state index contributed by atoms with van der Waals surface area (Å²) in [6.45, 7) is 10.7. The van der Waals surface area contributed by atoms with Crippen LogP contribution < -0.4 is 0 Å². The highest BCUT2D eigenvalue weighted by molar-refractivity contribution is 6.18. The highest BCUT2D eigenvalue weighted by Crippen LogP contribution is 2.52. The van der Waals surface area contributed by atoms with Crippen LogP contribution in [0.15, 0.2) is 34.4 Å². The minimum atomic E-state index is -1.30. The molecule has 3 aliphatic heterocycles. The maximum Gasteiger partial charge on any atom is 0.342 e. The maximum absolute atomic E-state index is 12.9. The first kappa shape index (κ1) is 24.8. The van der Waals surface area contributed by atoms with Crippen LogP contribution in [0.25, 0.3) is 0 Å². The SMILES string of the molecule is C=C(C)C(=O)OC1CC2(C)OC(=O)C(C(C)=O)=C2CCC2(C)OC2C2OC(=O)C(COC(C)=O)=C12. The van der Waals surface area contributed by atoms with E-state index in [1.54, 1.807) is 6.92 Å². The molecule has 2 fully saturated rings. The van der Waals surface area contributed by atoms with Crippen molar-refractivity contribution < 1.29 is 47.7 Å². The first-order chi connectivity index (χ1) is 16.3. The lowest BCUT2D eigenvalue weighted by atomic mass is 9.78. The molecule has 0 aromatic rings. The zero-order chi connectivity index (χ0) is 25.9. The summed E-state index contributed by atoms with van der Waals surface area (Å²) in [5, 5.41) is 0. The molecule has 3 heterocycles. The van der Waals surface area contributed by atoms with Crippen molar-refractivity contribution in [1.82, 2.24) is 0 Å². The molecule has 0 amide bonds. The number of esters is 4. The molecule has 1 saturated carbocycles. The highest BCUT2D eigenvalue weighted by Gasteiger charge is 2.63. The predicted molar refractivity (Wildman–Crippen MR) is 118 cm³/mol. The van der Waals surface area contributed by atoms with E-state index in [-0.39, 0.29) is 35.3 Å². The quantitative estimate of drug-likeness (QED) is 0.185. The number of rotatable bonds is 5. The van der Waals surface area contributed by atoms with Gasteiger partial charge in [-0.15, -0.1) is 0 Å². The molecule has 35 heavy (non-hydrogen) atoms. The van der Waals surface area contributed by atoms with Crippen LogP contribution in [0.3, 0.4) is 0 Å². The van der Waals surface area contributed by atoms with Gasteiger partial charge >= 0.3 is 23.9 Å². The number of epoxide rings is 1. The molecule has 10 nitrogen and oxygen atoms in total. The second kappa shape index (κ2) is 8.44. The Balaban J connectivity index is 1.88. The fraction of sp³-hybridized carbons (Fsp3) is 0.560. The molecule has 1 saturated heterocycles. The molecule has 0 N–H and O–H groups in total. The Hall–Kier alpha value is -3.27. The number of ether oxygens (including phenoxy) is 5. The van der Waals surface area contributed by atoms with Crippen LogP contribution in [0.4, 0.5) is 0 Å². The molecule has 188 valence electrons. The maximum atomic E-state index is 12.9. The van der Waals surface area contributed by atoms with Gasteiger partial charge in [0.2, 0.25) is 0 Å². The Morgan fingerprint density at radius 2 is 1.80 bits per heavy atom. The smallest absolute Gasteiger partial charge is 0.342 e. The minimum absolute atomic E-state index is 0.0248. The van der Waals surface area contributed by atoms with Crippen molar-refractivity contribution in [3.05, 3.63) is 34.4 Å². The number of ketones is 1. The van der Waals surface area contributed by atoms with E-state index in [0.29, 0.717) is 18.4 Å². The molecule has 5 atom stereocenters. The minimum Gasteiger partial charge on any atom is -0.461 e. The Morgan fingerprint density at radius 3 is 2.40 bits per heavy atom. The third kappa shape index (κ3) is 4.31. The molecule has 0 aromatic heterocycles. The average Bonchev–Trinajstić information content (AvgIpc) is 3.18. The van der Waals surface area contributed by atoms with E-state index in [0.717, 1.165) is 0 Å². The van der Waals surface area contributed by atoms with E-state index < -0.39 is 59.2 Å². The van der Waals surface area contributed by atoms with Crippen LogP contribution in [0.2, 0.25) is 0 Å². The Bertz CT molecular complexity index is 1130. The largest absolute Gasteiger partial charge is 0.461 e. The van der Waals surface area contributed by atoms with Gasteiger partial charge in [-0.05, 0) is 46.1 Å². The molecule has 1 aliphatic carbocycles. The van der Waals surface area contributed by atoms with Crippen LogP contribution in [0.5, 0.6) is 0 Å². The predicted octanol–water partition coefficient (Wildman–Crippen LogP) is 1.80. The van der Waals surface area contributed by atoms with Gasteiger partial charge in [-0.2, -0.15) is 0 Å². The lowest BCUT2D eigenvalue weighted by Gasteiger charge is -2.34. The summed E-state index contributed by atoms with van der Waals surface area (Å²) in [5.74, 6) is -3.22. The van der Waals surface area contributed by atoms with Gasteiger partial charge in [-0.3, -0.25) is 9.59 Å². The van der Waals surface area contributed by atoms with E-state index in [4.69, 9.17) is 23.7 Å². The normalized spacial score (nSPS) is 33.7. The van der Waals surface area contributed by atoms with Gasteiger partial charge in [0.25, 0.3) is 0 Å². The molecule has 4 aliphatic rings. The van der Waals surface area contributed by atoms with Gasteiger partial charge in [0.1, 0.15) is 30.0 Å². The summed E-state index contributed by atoms with van der Waals surface area (Å²) in [7, 11) is 0. The summed E-state index contributed by atoms with van der Waals surface area (Å²) in [4.78, 5) is 62.0. The molecule has 0 spiro atoms. The second-order valence-corrected chi connectivity index (χ2v) is 9.80. The Morgan fingerprint density at radius 1 is 1.11 bits per heavy atom.